The van der Waals surface area contributed by atoms with Crippen LogP contribution in [0.15, 0.2) is 4.99 Å². The molecule has 7 atom stereocenters. The highest BCUT2D eigenvalue weighted by atomic mass is 16.4. The summed E-state index contributed by atoms with van der Waals surface area (Å²) >= 11 is 0. The molecule has 57 heavy (non-hydrogen) atoms. The van der Waals surface area contributed by atoms with Gasteiger partial charge in [0.1, 0.15) is 36.3 Å². The second-order valence-electron chi connectivity index (χ2n) is 13.2. The van der Waals surface area contributed by atoms with Crippen LogP contribution in [0.3, 0.4) is 0 Å². The topological polar surface area (TPSA) is 449 Å². The van der Waals surface area contributed by atoms with Crippen LogP contribution in [0.2, 0.25) is 0 Å². The van der Waals surface area contributed by atoms with Gasteiger partial charge in [-0.25, -0.2) is 4.79 Å². The number of primary amides is 1. The molecule has 0 aliphatic carbocycles. The molecule has 0 heterocycles. The molecular formula is C32H58N12O13. The highest BCUT2D eigenvalue weighted by molar-refractivity contribution is 5.97. The Hall–Kier alpha value is -5.66. The van der Waals surface area contributed by atoms with Gasteiger partial charge in [0, 0.05) is 13.0 Å². The molecule has 0 aliphatic heterocycles. The Labute approximate surface area is 328 Å². The molecule has 7 amide bonds. The first kappa shape index (κ1) is 51.3. The zero-order chi connectivity index (χ0) is 43.8. The van der Waals surface area contributed by atoms with Gasteiger partial charge in [0.25, 0.3) is 0 Å². The van der Waals surface area contributed by atoms with Crippen molar-refractivity contribution in [2.75, 3.05) is 26.3 Å². The van der Waals surface area contributed by atoms with Crippen molar-refractivity contribution in [3.63, 3.8) is 0 Å². The molecule has 324 valence electrons. The van der Waals surface area contributed by atoms with E-state index in [-0.39, 0.29) is 57.6 Å². The van der Waals surface area contributed by atoms with E-state index in [9.17, 15) is 58.5 Å². The lowest BCUT2D eigenvalue weighted by molar-refractivity contribution is -0.144. The van der Waals surface area contributed by atoms with Crippen LogP contribution in [-0.4, -0.2) is 148 Å². The van der Waals surface area contributed by atoms with Gasteiger partial charge in [-0.1, -0.05) is 13.8 Å². The standard InChI is InChI=1S/C32H58N12O13/c1-15(2)24(44-25(50)16(34)8-9-22(35)47)30(55)42-20(13-45)29(54)40-17(6-3-4-10-33)26(51)39-18(7-5-11-38-32(36)37)27(52)41-19(12-23(48)49)28(53)43-21(14-46)31(56)57/h15-21,24,45-46H,3-14,33-34H2,1-2H3,(H2,35,47)(H,39,51)(H,40,54)(H,41,52)(H,42,55)(H,43,53)(H,44,50)(H,48,49)(H,56,57)(H4,36,37,38)/t16-,17-,18-,19-,20-,21-,24-/m0/s1. The molecule has 0 bridgehead atoms. The van der Waals surface area contributed by atoms with Gasteiger partial charge in [-0.2, -0.15) is 0 Å². The third-order valence-electron chi connectivity index (χ3n) is 8.07. The Bertz CT molecular complexity index is 1430. The number of aliphatic hydroxyl groups is 2. The molecule has 25 heteroatoms. The van der Waals surface area contributed by atoms with Crippen molar-refractivity contribution >= 4 is 59.2 Å². The molecule has 0 saturated carbocycles. The lowest BCUT2D eigenvalue weighted by Crippen LogP contribution is -2.61. The number of nitrogens with two attached hydrogens (primary N) is 5. The number of hydrogen-bond donors (Lipinski definition) is 15. The van der Waals surface area contributed by atoms with Crippen molar-refractivity contribution in [3.8, 4) is 0 Å². The van der Waals surface area contributed by atoms with Crippen molar-refractivity contribution in [3.05, 3.63) is 0 Å². The van der Waals surface area contributed by atoms with Gasteiger partial charge in [-0.3, -0.25) is 43.3 Å². The SMILES string of the molecule is CC(C)[C@H](NC(=O)[C@@H](N)CCC(N)=O)C(=O)N[C@@H](CO)C(=O)N[C@@H](CCCCN)C(=O)N[C@@H](CCCN=C(N)N)C(=O)N[C@@H](CC(=O)O)C(=O)N[C@@H](CO)C(=O)O. The van der Waals surface area contributed by atoms with Crippen LogP contribution < -0.4 is 60.6 Å². The fraction of sp³-hybridized carbons (Fsp3) is 0.688. The first-order valence-electron chi connectivity index (χ1n) is 18.0. The summed E-state index contributed by atoms with van der Waals surface area (Å²) in [4.78, 5) is 117. The lowest BCUT2D eigenvalue weighted by Gasteiger charge is -2.27. The van der Waals surface area contributed by atoms with Crippen molar-refractivity contribution in [1.29, 1.82) is 0 Å². The van der Waals surface area contributed by atoms with Crippen molar-refractivity contribution in [2.45, 2.75) is 108 Å². The second kappa shape index (κ2) is 27.0. The number of carboxylic acids is 2. The molecule has 0 radical (unpaired) electrons. The summed E-state index contributed by atoms with van der Waals surface area (Å²) < 4.78 is 0. The summed E-state index contributed by atoms with van der Waals surface area (Å²) in [6, 6.07) is -10.8. The number of carboxylic acid groups (broad SMARTS) is 2. The molecule has 0 spiro atoms. The Morgan fingerprint density at radius 2 is 1.07 bits per heavy atom. The minimum atomic E-state index is -1.88. The van der Waals surface area contributed by atoms with E-state index in [1.165, 1.54) is 0 Å². The molecule has 0 aromatic carbocycles. The van der Waals surface area contributed by atoms with Crippen molar-refractivity contribution in [1.82, 2.24) is 31.9 Å². The molecule has 25 nitrogen and oxygen atoms in total. The minimum absolute atomic E-state index is 0.0382. The third-order valence-corrected chi connectivity index (χ3v) is 8.07. The summed E-state index contributed by atoms with van der Waals surface area (Å²) in [6.07, 6.45) is -0.902. The summed E-state index contributed by atoms with van der Waals surface area (Å²) in [7, 11) is 0. The highest BCUT2D eigenvalue weighted by Gasteiger charge is 2.34. The zero-order valence-electron chi connectivity index (χ0n) is 31.9. The monoisotopic (exact) mass is 818 g/mol. The second-order valence-corrected chi connectivity index (χ2v) is 13.2. The maximum atomic E-state index is 13.7. The fourth-order valence-corrected chi connectivity index (χ4v) is 4.87. The molecule has 0 rings (SSSR count). The van der Waals surface area contributed by atoms with E-state index in [1.807, 2.05) is 5.32 Å². The van der Waals surface area contributed by atoms with E-state index in [0.717, 1.165) is 0 Å². The molecule has 0 aromatic heterocycles. The van der Waals surface area contributed by atoms with Crippen LogP contribution in [0.25, 0.3) is 0 Å². The van der Waals surface area contributed by atoms with E-state index in [2.05, 4.69) is 31.6 Å². The Balaban J connectivity index is 6.29. The van der Waals surface area contributed by atoms with Gasteiger partial charge in [0.05, 0.1) is 25.7 Å². The molecule has 0 saturated heterocycles. The number of nitrogens with one attached hydrogen (secondary N) is 6. The fourth-order valence-electron chi connectivity index (χ4n) is 4.87. The van der Waals surface area contributed by atoms with Gasteiger partial charge >= 0.3 is 11.9 Å². The molecule has 0 fully saturated rings. The summed E-state index contributed by atoms with van der Waals surface area (Å²) in [5.41, 5.74) is 27.2. The van der Waals surface area contributed by atoms with E-state index < -0.39 is 121 Å². The largest absolute Gasteiger partial charge is 0.481 e. The van der Waals surface area contributed by atoms with Crippen molar-refractivity contribution < 1.29 is 63.6 Å². The van der Waals surface area contributed by atoms with Gasteiger partial charge in [0.15, 0.2) is 5.96 Å². The molecule has 0 aromatic rings. The molecule has 0 aliphatic rings. The summed E-state index contributed by atoms with van der Waals surface area (Å²) in [6.45, 7) is 1.30. The Kier molecular flexibility index (Phi) is 24.3. The Morgan fingerprint density at radius 3 is 1.53 bits per heavy atom. The average Bonchev–Trinajstić information content (AvgIpc) is 3.13. The van der Waals surface area contributed by atoms with Gasteiger partial charge in [0.2, 0.25) is 41.4 Å². The number of aliphatic hydroxyl groups excluding tert-OH is 2. The van der Waals surface area contributed by atoms with E-state index in [4.69, 9.17) is 33.8 Å². The number of aliphatic carboxylic acids is 2. The van der Waals surface area contributed by atoms with Crippen LogP contribution in [0.1, 0.15) is 65.2 Å². The quantitative estimate of drug-likeness (QED) is 0.0189. The normalized spacial score (nSPS) is 14.6. The first-order chi connectivity index (χ1) is 26.7. The van der Waals surface area contributed by atoms with E-state index >= 15 is 0 Å². The lowest BCUT2D eigenvalue weighted by atomic mass is 10.0. The maximum Gasteiger partial charge on any atom is 0.328 e. The number of amides is 7. The van der Waals surface area contributed by atoms with Gasteiger partial charge in [-0.05, 0) is 51.0 Å². The number of carbonyl (C=O) groups excluding carboxylic acids is 7. The average molecular weight is 819 g/mol. The smallest absolute Gasteiger partial charge is 0.328 e. The van der Waals surface area contributed by atoms with Crippen LogP contribution in [0.5, 0.6) is 0 Å². The minimum Gasteiger partial charge on any atom is -0.481 e. The number of aliphatic imine (C=N–C) groups is 1. The predicted octanol–water partition coefficient (Wildman–Crippen LogP) is -7.13. The number of hydrogen-bond acceptors (Lipinski definition) is 14. The Morgan fingerprint density at radius 1 is 0.596 bits per heavy atom. The van der Waals surface area contributed by atoms with E-state index in [0.29, 0.717) is 6.42 Å². The summed E-state index contributed by atoms with van der Waals surface area (Å²) in [5, 5.41) is 51.5. The molecular weight excluding hydrogens is 760 g/mol. The van der Waals surface area contributed by atoms with Gasteiger partial charge in [-0.15, -0.1) is 0 Å². The van der Waals surface area contributed by atoms with Crippen LogP contribution in [0, 0.1) is 5.92 Å². The van der Waals surface area contributed by atoms with Crippen LogP contribution in [0.4, 0.5) is 0 Å². The van der Waals surface area contributed by atoms with Gasteiger partial charge < -0.3 is 81.0 Å². The number of carbonyl (C=O) groups is 9. The molecule has 0 unspecified atom stereocenters. The first-order valence-corrected chi connectivity index (χ1v) is 18.0. The zero-order valence-corrected chi connectivity index (χ0v) is 31.9. The van der Waals surface area contributed by atoms with E-state index in [1.54, 1.807) is 13.8 Å². The summed E-state index contributed by atoms with van der Waals surface area (Å²) in [5.74, 6) is -10.8. The third kappa shape index (κ3) is 20.7. The number of unbranched alkanes of at least 4 members (excludes halogenated alkanes) is 1. The van der Waals surface area contributed by atoms with Crippen molar-refractivity contribution in [2.24, 2.45) is 39.6 Å². The molecule has 20 N–H and O–H groups in total. The number of rotatable bonds is 29. The highest BCUT2D eigenvalue weighted by Crippen LogP contribution is 2.08. The number of guanidine groups is 1. The predicted molar refractivity (Wildman–Crippen MR) is 200 cm³/mol. The van der Waals surface area contributed by atoms with Crippen LogP contribution in [-0.2, 0) is 43.2 Å². The van der Waals surface area contributed by atoms with Crippen LogP contribution >= 0.6 is 0 Å². The number of nitrogens with zero attached hydrogens (tertiary/aromatic N) is 1. The maximum absolute atomic E-state index is 13.7.